The van der Waals surface area contributed by atoms with Crippen LogP contribution in [-0.4, -0.2) is 76.4 Å². The van der Waals surface area contributed by atoms with Gasteiger partial charge < -0.3 is 9.47 Å². The molecule has 0 aliphatic heterocycles. The molecule has 0 unspecified atom stereocenters. The molecule has 0 heterocycles. The van der Waals surface area contributed by atoms with Crippen LogP contribution in [0.15, 0.2) is 12.7 Å². The zero-order valence-electron chi connectivity index (χ0n) is 12.9. The van der Waals surface area contributed by atoms with Gasteiger partial charge >= 0.3 is 69.3 Å². The molecule has 0 rings (SSSR count). The van der Waals surface area contributed by atoms with E-state index in [9.17, 15) is 14.4 Å². The van der Waals surface area contributed by atoms with Gasteiger partial charge in [0.1, 0.15) is 0 Å². The number of carbonyl (C=O) groups excluding carboxylic acids is 3. The SMILES string of the molecule is C=CC(=O)OC(=O)CCCCCCCCCCC(=O)OC.[KH]. The van der Waals surface area contributed by atoms with Crippen LogP contribution in [0.1, 0.15) is 64.2 Å². The molecule has 0 aliphatic rings. The maximum absolute atomic E-state index is 11.2. The van der Waals surface area contributed by atoms with Crippen molar-refractivity contribution in [2.75, 3.05) is 7.11 Å². The second-order valence-electron chi connectivity index (χ2n) is 4.90. The molecule has 0 saturated carbocycles. The normalized spacial score (nSPS) is 9.50. The van der Waals surface area contributed by atoms with Crippen molar-refractivity contribution >= 4 is 69.3 Å². The number of carbonyl (C=O) groups is 3. The number of esters is 3. The van der Waals surface area contributed by atoms with Crippen molar-refractivity contribution in [2.24, 2.45) is 0 Å². The third-order valence-corrected chi connectivity index (χ3v) is 3.12. The van der Waals surface area contributed by atoms with Crippen LogP contribution in [0.5, 0.6) is 0 Å². The van der Waals surface area contributed by atoms with Crippen molar-refractivity contribution in [2.45, 2.75) is 64.2 Å². The van der Waals surface area contributed by atoms with Gasteiger partial charge in [-0.15, -0.1) is 0 Å². The number of rotatable bonds is 12. The van der Waals surface area contributed by atoms with Gasteiger partial charge in [-0.25, -0.2) is 4.79 Å². The van der Waals surface area contributed by atoms with Crippen LogP contribution in [0, 0.1) is 0 Å². The van der Waals surface area contributed by atoms with Gasteiger partial charge in [0, 0.05) is 18.9 Å². The molecule has 0 aromatic carbocycles. The molecule has 122 valence electrons. The van der Waals surface area contributed by atoms with Crippen LogP contribution in [0.2, 0.25) is 0 Å². The van der Waals surface area contributed by atoms with E-state index in [1.54, 1.807) is 0 Å². The fourth-order valence-corrected chi connectivity index (χ4v) is 1.91. The van der Waals surface area contributed by atoms with Gasteiger partial charge in [0.2, 0.25) is 0 Å². The first-order valence-electron chi connectivity index (χ1n) is 7.54. The molecule has 0 radical (unpaired) electrons. The molecule has 5 nitrogen and oxygen atoms in total. The summed E-state index contributed by atoms with van der Waals surface area (Å²) in [6.07, 6.45) is 9.84. The number of hydrogen-bond acceptors (Lipinski definition) is 5. The van der Waals surface area contributed by atoms with Gasteiger partial charge in [-0.05, 0) is 12.8 Å². The van der Waals surface area contributed by atoms with E-state index in [2.05, 4.69) is 16.1 Å². The summed E-state index contributed by atoms with van der Waals surface area (Å²) in [5.41, 5.74) is 0. The summed E-state index contributed by atoms with van der Waals surface area (Å²) in [6.45, 7) is 3.23. The van der Waals surface area contributed by atoms with Gasteiger partial charge in [-0.1, -0.05) is 45.1 Å². The second kappa shape index (κ2) is 17.3. The van der Waals surface area contributed by atoms with Crippen molar-refractivity contribution in [3.8, 4) is 0 Å². The van der Waals surface area contributed by atoms with Crippen LogP contribution in [0.25, 0.3) is 0 Å². The Labute approximate surface area is 175 Å². The van der Waals surface area contributed by atoms with Crippen LogP contribution < -0.4 is 0 Å². The Morgan fingerprint density at radius 3 is 1.64 bits per heavy atom. The van der Waals surface area contributed by atoms with Gasteiger partial charge in [0.25, 0.3) is 0 Å². The van der Waals surface area contributed by atoms with Crippen LogP contribution >= 0.6 is 0 Å². The van der Waals surface area contributed by atoms with E-state index in [0.717, 1.165) is 57.4 Å². The first-order valence-corrected chi connectivity index (χ1v) is 7.54. The monoisotopic (exact) mass is 338 g/mol. The predicted molar refractivity (Wildman–Crippen MR) is 86.6 cm³/mol. The zero-order chi connectivity index (χ0) is 15.9. The first-order chi connectivity index (χ1) is 10.1. The Hall–Kier alpha value is -0.0136. The van der Waals surface area contributed by atoms with Crippen molar-refractivity contribution < 1.29 is 23.9 Å². The number of unbranched alkanes of at least 4 members (excludes halogenated alkanes) is 7. The summed E-state index contributed by atoms with van der Waals surface area (Å²) in [5, 5.41) is 0. The number of ether oxygens (including phenoxy) is 2. The molecule has 0 saturated heterocycles. The Balaban J connectivity index is 0. The molecule has 0 bridgehead atoms. The van der Waals surface area contributed by atoms with E-state index < -0.39 is 11.9 Å². The predicted octanol–water partition coefficient (Wildman–Crippen LogP) is 2.67. The molecule has 0 atom stereocenters. The fourth-order valence-electron chi connectivity index (χ4n) is 1.91. The fraction of sp³-hybridized carbons (Fsp3) is 0.688. The average molecular weight is 338 g/mol. The van der Waals surface area contributed by atoms with Crippen LogP contribution in [-0.2, 0) is 23.9 Å². The minimum absolute atomic E-state index is 0. The van der Waals surface area contributed by atoms with Crippen LogP contribution in [0.3, 0.4) is 0 Å². The van der Waals surface area contributed by atoms with E-state index in [1.165, 1.54) is 7.11 Å². The summed E-state index contributed by atoms with van der Waals surface area (Å²) in [4.78, 5) is 32.8. The first kappa shape index (κ1) is 24.2. The molecule has 22 heavy (non-hydrogen) atoms. The minimum atomic E-state index is -0.688. The van der Waals surface area contributed by atoms with Crippen molar-refractivity contribution in [1.82, 2.24) is 0 Å². The molecule has 0 N–H and O–H groups in total. The average Bonchev–Trinajstić information content (AvgIpc) is 2.48. The van der Waals surface area contributed by atoms with Gasteiger partial charge in [0.05, 0.1) is 7.11 Å². The second-order valence-corrected chi connectivity index (χ2v) is 4.90. The molecule has 0 fully saturated rings. The summed E-state index contributed by atoms with van der Waals surface area (Å²) in [7, 11) is 1.41. The van der Waals surface area contributed by atoms with E-state index >= 15 is 0 Å². The van der Waals surface area contributed by atoms with E-state index in [-0.39, 0.29) is 63.8 Å². The maximum atomic E-state index is 11.2. The molecule has 0 amide bonds. The molecule has 6 heteroatoms. The summed E-state index contributed by atoms with van der Waals surface area (Å²) in [6, 6.07) is 0. The summed E-state index contributed by atoms with van der Waals surface area (Å²) in [5.74, 6) is -1.31. The Kier molecular flexibility index (Phi) is 19.1. The van der Waals surface area contributed by atoms with Gasteiger partial charge in [-0.2, -0.15) is 0 Å². The summed E-state index contributed by atoms with van der Waals surface area (Å²) >= 11 is 0. The quantitative estimate of drug-likeness (QED) is 0.180. The van der Waals surface area contributed by atoms with E-state index in [4.69, 9.17) is 0 Å². The molecular formula is C16H27KO5. The topological polar surface area (TPSA) is 69.7 Å². The third kappa shape index (κ3) is 16.4. The Morgan fingerprint density at radius 1 is 0.818 bits per heavy atom. The standard InChI is InChI=1S/C16H26O5.K.H/c1-3-14(17)21-16(19)13-11-9-7-5-4-6-8-10-12-15(18)20-2;;/h3H,1,4-13H2,2H3;;. The number of methoxy groups -OCH3 is 1. The molecule has 0 aliphatic carbocycles. The Morgan fingerprint density at radius 2 is 1.23 bits per heavy atom. The molecule has 0 aromatic rings. The molecular weight excluding hydrogens is 311 g/mol. The Bertz CT molecular complexity index is 341. The summed E-state index contributed by atoms with van der Waals surface area (Å²) < 4.78 is 9.04. The van der Waals surface area contributed by atoms with E-state index in [1.807, 2.05) is 0 Å². The zero-order valence-corrected chi connectivity index (χ0v) is 12.9. The van der Waals surface area contributed by atoms with Crippen molar-refractivity contribution in [3.05, 3.63) is 12.7 Å². The van der Waals surface area contributed by atoms with Gasteiger partial charge in [-0.3, -0.25) is 9.59 Å². The third-order valence-electron chi connectivity index (χ3n) is 3.12. The van der Waals surface area contributed by atoms with Crippen molar-refractivity contribution in [3.63, 3.8) is 0 Å². The molecule has 0 aromatic heterocycles. The number of hydrogen-bond donors (Lipinski definition) is 0. The van der Waals surface area contributed by atoms with Gasteiger partial charge in [0.15, 0.2) is 0 Å². The van der Waals surface area contributed by atoms with Crippen LogP contribution in [0.4, 0.5) is 0 Å². The molecule has 0 spiro atoms. The van der Waals surface area contributed by atoms with E-state index in [0.29, 0.717) is 6.42 Å². The van der Waals surface area contributed by atoms with Crippen molar-refractivity contribution in [1.29, 1.82) is 0 Å².